The van der Waals surface area contributed by atoms with Crippen LogP contribution >= 0.6 is 34.9 Å². The first-order valence-electron chi connectivity index (χ1n) is 3.23. The summed E-state index contributed by atoms with van der Waals surface area (Å²) in [4.78, 5) is -0.216. The Labute approximate surface area is 96.1 Å². The SMILES string of the molecule is N#Cc1cc(S)c(S(=O)(=O)Cl)c(Cl)c1. The first-order valence-corrected chi connectivity index (χ1v) is 6.37. The Bertz CT molecular complexity index is 496. The largest absolute Gasteiger partial charge is 0.263 e. The van der Waals surface area contributed by atoms with E-state index in [-0.39, 0.29) is 20.4 Å². The summed E-state index contributed by atoms with van der Waals surface area (Å²) in [6, 6.07) is 4.32. The summed E-state index contributed by atoms with van der Waals surface area (Å²) in [6.45, 7) is 0. The summed E-state index contributed by atoms with van der Waals surface area (Å²) in [5.41, 5.74) is 0.226. The molecule has 1 aromatic carbocycles. The molecule has 1 aromatic rings. The van der Waals surface area contributed by atoms with Gasteiger partial charge in [0.1, 0.15) is 4.90 Å². The van der Waals surface area contributed by atoms with Crippen LogP contribution in [0.5, 0.6) is 0 Å². The highest BCUT2D eigenvalue weighted by atomic mass is 35.7. The normalized spacial score (nSPS) is 11.0. The average Bonchev–Trinajstić information content (AvgIpc) is 1.99. The smallest absolute Gasteiger partial charge is 0.207 e. The van der Waals surface area contributed by atoms with E-state index in [0.29, 0.717) is 0 Å². The van der Waals surface area contributed by atoms with Crippen LogP contribution in [0.4, 0.5) is 0 Å². The topological polar surface area (TPSA) is 57.9 Å². The Balaban J connectivity index is 3.59. The van der Waals surface area contributed by atoms with Crippen molar-refractivity contribution in [1.82, 2.24) is 0 Å². The monoisotopic (exact) mass is 267 g/mol. The van der Waals surface area contributed by atoms with E-state index in [9.17, 15) is 8.42 Å². The molecule has 0 aliphatic rings. The Morgan fingerprint density at radius 1 is 1.43 bits per heavy atom. The van der Waals surface area contributed by atoms with Gasteiger partial charge in [-0.15, -0.1) is 12.6 Å². The van der Waals surface area contributed by atoms with Crippen molar-refractivity contribution in [2.75, 3.05) is 0 Å². The predicted molar refractivity (Wildman–Crippen MR) is 56.5 cm³/mol. The van der Waals surface area contributed by atoms with Crippen LogP contribution < -0.4 is 0 Å². The van der Waals surface area contributed by atoms with Gasteiger partial charge >= 0.3 is 0 Å². The maximum Gasteiger partial charge on any atom is 0.263 e. The quantitative estimate of drug-likeness (QED) is 0.628. The zero-order chi connectivity index (χ0) is 10.9. The van der Waals surface area contributed by atoms with E-state index in [1.165, 1.54) is 12.1 Å². The summed E-state index contributed by atoms with van der Waals surface area (Å²) in [5.74, 6) is 0. The van der Waals surface area contributed by atoms with Gasteiger partial charge in [-0.2, -0.15) is 5.26 Å². The molecule has 0 spiro atoms. The third-order valence-electron chi connectivity index (χ3n) is 1.40. The van der Waals surface area contributed by atoms with E-state index in [1.54, 1.807) is 0 Å². The molecule has 0 radical (unpaired) electrons. The van der Waals surface area contributed by atoms with Crippen LogP contribution in [-0.4, -0.2) is 8.42 Å². The zero-order valence-electron chi connectivity index (χ0n) is 6.53. The van der Waals surface area contributed by atoms with Gasteiger partial charge in [0.2, 0.25) is 0 Å². The maximum absolute atomic E-state index is 11.0. The summed E-state index contributed by atoms with van der Waals surface area (Å²) >= 11 is 9.52. The molecule has 0 unspecified atom stereocenters. The molecule has 0 bridgehead atoms. The molecule has 0 saturated heterocycles. The van der Waals surface area contributed by atoms with Gasteiger partial charge in [-0.25, -0.2) is 8.42 Å². The zero-order valence-corrected chi connectivity index (χ0v) is 9.75. The molecule has 0 aliphatic heterocycles. The lowest BCUT2D eigenvalue weighted by Gasteiger charge is -2.03. The highest BCUT2D eigenvalue weighted by Gasteiger charge is 2.19. The molecule has 14 heavy (non-hydrogen) atoms. The predicted octanol–water partition coefficient (Wildman–Crippen LogP) is 2.43. The molecule has 0 atom stereocenters. The van der Waals surface area contributed by atoms with E-state index in [0.717, 1.165) is 0 Å². The summed E-state index contributed by atoms with van der Waals surface area (Å²) < 4.78 is 22.0. The fraction of sp³-hybridized carbons (Fsp3) is 0. The minimum Gasteiger partial charge on any atom is -0.207 e. The molecule has 3 nitrogen and oxygen atoms in total. The molecule has 0 amide bonds. The fourth-order valence-electron chi connectivity index (χ4n) is 0.885. The Hall–Kier alpha value is -0.410. The highest BCUT2D eigenvalue weighted by Crippen LogP contribution is 2.31. The molecule has 74 valence electrons. The van der Waals surface area contributed by atoms with Crippen LogP contribution in [0.25, 0.3) is 0 Å². The number of rotatable bonds is 1. The molecule has 7 heteroatoms. The molecular weight excluding hydrogens is 265 g/mol. The number of halogens is 2. The van der Waals surface area contributed by atoms with E-state index < -0.39 is 9.05 Å². The van der Waals surface area contributed by atoms with Gasteiger partial charge in [0.05, 0.1) is 16.7 Å². The van der Waals surface area contributed by atoms with Gasteiger partial charge in [-0.1, -0.05) is 11.6 Å². The summed E-state index contributed by atoms with van der Waals surface area (Å²) in [7, 11) is 1.19. The van der Waals surface area contributed by atoms with Crippen molar-refractivity contribution >= 4 is 44.0 Å². The third-order valence-corrected chi connectivity index (χ3v) is 3.70. The van der Waals surface area contributed by atoms with E-state index in [2.05, 4.69) is 12.6 Å². The van der Waals surface area contributed by atoms with E-state index in [4.69, 9.17) is 27.5 Å². The second-order valence-electron chi connectivity index (χ2n) is 2.36. The van der Waals surface area contributed by atoms with Gasteiger partial charge < -0.3 is 0 Å². The van der Waals surface area contributed by atoms with Gasteiger partial charge in [0.15, 0.2) is 0 Å². The number of benzene rings is 1. The molecular formula is C7H3Cl2NO2S2. The summed E-state index contributed by atoms with van der Waals surface area (Å²) in [6.07, 6.45) is 0. The first-order chi connectivity index (χ1) is 6.36. The lowest BCUT2D eigenvalue weighted by atomic mass is 10.2. The lowest BCUT2D eigenvalue weighted by Crippen LogP contribution is -1.94. The minimum absolute atomic E-state index is 0.0593. The van der Waals surface area contributed by atoms with E-state index in [1.807, 2.05) is 6.07 Å². The van der Waals surface area contributed by atoms with Crippen LogP contribution in [0.3, 0.4) is 0 Å². The second-order valence-corrected chi connectivity index (χ2v) is 5.75. The molecule has 0 fully saturated rings. The van der Waals surface area contributed by atoms with Crippen molar-refractivity contribution in [2.24, 2.45) is 0 Å². The number of thiol groups is 1. The number of nitriles is 1. The average molecular weight is 268 g/mol. The second kappa shape index (κ2) is 3.99. The van der Waals surface area contributed by atoms with Crippen molar-refractivity contribution in [3.05, 3.63) is 22.7 Å². The summed E-state index contributed by atoms with van der Waals surface area (Å²) in [5, 5.41) is 8.45. The maximum atomic E-state index is 11.0. The number of hydrogen-bond acceptors (Lipinski definition) is 4. The Morgan fingerprint density at radius 2 is 2.00 bits per heavy atom. The molecule has 0 saturated carbocycles. The third kappa shape index (κ3) is 2.34. The van der Waals surface area contributed by atoms with Crippen LogP contribution in [0.2, 0.25) is 5.02 Å². The Morgan fingerprint density at radius 3 is 2.36 bits per heavy atom. The van der Waals surface area contributed by atoms with Crippen LogP contribution in [0.15, 0.2) is 21.9 Å². The van der Waals surface area contributed by atoms with Crippen LogP contribution in [0, 0.1) is 11.3 Å². The number of hydrogen-bond donors (Lipinski definition) is 1. The molecule has 0 heterocycles. The molecule has 1 rings (SSSR count). The van der Waals surface area contributed by atoms with Gasteiger partial charge in [-0.05, 0) is 12.1 Å². The fourth-order valence-corrected chi connectivity index (χ4v) is 3.47. The van der Waals surface area contributed by atoms with Crippen molar-refractivity contribution in [1.29, 1.82) is 5.26 Å². The van der Waals surface area contributed by atoms with Gasteiger partial charge in [0, 0.05) is 15.6 Å². The Kier molecular flexibility index (Phi) is 3.32. The van der Waals surface area contributed by atoms with Crippen LogP contribution in [0.1, 0.15) is 5.56 Å². The van der Waals surface area contributed by atoms with Crippen molar-refractivity contribution in [3.63, 3.8) is 0 Å². The minimum atomic E-state index is -3.93. The van der Waals surface area contributed by atoms with E-state index >= 15 is 0 Å². The van der Waals surface area contributed by atoms with Gasteiger partial charge in [-0.3, -0.25) is 0 Å². The molecule has 0 aliphatic carbocycles. The number of nitrogens with zero attached hydrogens (tertiary/aromatic N) is 1. The van der Waals surface area contributed by atoms with Crippen molar-refractivity contribution in [2.45, 2.75) is 9.79 Å². The molecule has 0 N–H and O–H groups in total. The highest BCUT2D eigenvalue weighted by molar-refractivity contribution is 8.14. The standard InChI is InChI=1S/C7H3Cl2NO2S2/c8-5-1-4(3-10)2-6(13)7(5)14(9,11)12/h1-2,13H. The van der Waals surface area contributed by atoms with Gasteiger partial charge in [0.25, 0.3) is 9.05 Å². The lowest BCUT2D eigenvalue weighted by molar-refractivity contribution is 0.608. The van der Waals surface area contributed by atoms with Crippen molar-refractivity contribution in [3.8, 4) is 6.07 Å². The van der Waals surface area contributed by atoms with Crippen LogP contribution in [-0.2, 0) is 9.05 Å². The first kappa shape index (κ1) is 11.7. The molecule has 0 aromatic heterocycles. The van der Waals surface area contributed by atoms with Crippen molar-refractivity contribution < 1.29 is 8.42 Å².